The molecule has 52 valence electrons. The van der Waals surface area contributed by atoms with Crippen LogP contribution < -0.4 is 11.1 Å². The van der Waals surface area contributed by atoms with Crippen molar-refractivity contribution >= 4 is 11.8 Å². The van der Waals surface area contributed by atoms with E-state index in [2.05, 4.69) is 5.22 Å². The third kappa shape index (κ3) is 0.859. The van der Waals surface area contributed by atoms with Gasteiger partial charge in [0.1, 0.15) is 5.22 Å². The summed E-state index contributed by atoms with van der Waals surface area (Å²) >= 11 is 0. The summed E-state index contributed by atoms with van der Waals surface area (Å²) in [7, 11) is 0. The van der Waals surface area contributed by atoms with Crippen LogP contribution >= 0.6 is 0 Å². The lowest BCUT2D eigenvalue weighted by Crippen LogP contribution is -2.75. The smallest absolute Gasteiger partial charge is 0.256 e. The van der Waals surface area contributed by atoms with Crippen molar-refractivity contribution in [3.8, 4) is 0 Å². The maximum Gasteiger partial charge on any atom is 0.362 e. The summed E-state index contributed by atoms with van der Waals surface area (Å²) < 4.78 is 0. The number of rotatable bonds is 1. The normalized spacial score (nSPS) is 17.8. The molecule has 3 N–H and O–H groups in total. The molecule has 0 atom stereocenters. The Balaban J connectivity index is 2.79. The number of nitrogens with two attached hydrogens (primary N) is 1. The van der Waals surface area contributed by atoms with Crippen molar-refractivity contribution in [2.24, 2.45) is 11.1 Å². The Morgan fingerprint density at radius 1 is 1.40 bits per heavy atom. The van der Waals surface area contributed by atoms with Crippen molar-refractivity contribution in [2.75, 3.05) is 0 Å². The lowest BCUT2D eigenvalue weighted by molar-refractivity contribution is -0.557. The van der Waals surface area contributed by atoms with Gasteiger partial charge in [-0.1, -0.05) is 5.22 Å². The molecule has 0 spiro atoms. The zero-order valence-electron chi connectivity index (χ0n) is 4.94. The first-order chi connectivity index (χ1) is 4.75. The molecule has 0 aromatic carbocycles. The monoisotopic (exact) mass is 141 g/mol. The van der Waals surface area contributed by atoms with E-state index in [-0.39, 0.29) is 0 Å². The zero-order chi connectivity index (χ0) is 7.56. The second-order valence-electron chi connectivity index (χ2n) is 1.55. The molecule has 1 heterocycles. The average Bonchev–Trinajstić information content (AvgIpc) is 2.20. The van der Waals surface area contributed by atoms with Crippen LogP contribution in [0.1, 0.15) is 0 Å². The summed E-state index contributed by atoms with van der Waals surface area (Å²) in [6, 6.07) is 0. The Bertz CT molecular complexity index is 213. The van der Waals surface area contributed by atoms with Crippen LogP contribution in [0.5, 0.6) is 0 Å². The highest BCUT2D eigenvalue weighted by molar-refractivity contribution is 6.12. The Hall–Kier alpha value is -1.72. The number of imide groups is 1. The van der Waals surface area contributed by atoms with E-state index in [1.165, 1.54) is 0 Å². The highest BCUT2D eigenvalue weighted by atomic mass is 16.2. The Morgan fingerprint density at radius 2 is 1.90 bits per heavy atom. The number of nitrogens with one attached hydrogen (secondary N) is 1. The molecular weight excluding hydrogens is 136 g/mol. The molecule has 0 radical (unpaired) electrons. The second kappa shape index (κ2) is 2.26. The minimum atomic E-state index is -0.497. The Morgan fingerprint density at radius 3 is 2.30 bits per heavy atom. The average molecular weight is 141 g/mol. The third-order valence-corrected chi connectivity index (χ3v) is 0.944. The number of carbonyl (C=O) groups excluding carboxylic acids is 2. The molecule has 0 aromatic heterocycles. The van der Waals surface area contributed by atoms with Gasteiger partial charge in [0.15, 0.2) is 0 Å². The number of hydrazine groups is 1. The van der Waals surface area contributed by atoms with Crippen LogP contribution in [0.4, 0.5) is 0 Å². The minimum absolute atomic E-state index is 0.497. The third-order valence-electron chi connectivity index (χ3n) is 0.944. The molecule has 0 bridgehead atoms. The highest BCUT2D eigenvalue weighted by Gasteiger charge is 2.31. The first kappa shape index (κ1) is 6.40. The molecule has 2 amide bonds. The van der Waals surface area contributed by atoms with Gasteiger partial charge in [-0.25, -0.2) is 9.59 Å². The van der Waals surface area contributed by atoms with Crippen LogP contribution in [0.25, 0.3) is 0 Å². The quantitative estimate of drug-likeness (QED) is 0.179. The van der Waals surface area contributed by atoms with Gasteiger partial charge in [0.2, 0.25) is 0 Å². The van der Waals surface area contributed by atoms with Crippen LogP contribution in [0.2, 0.25) is 0 Å². The van der Waals surface area contributed by atoms with Gasteiger partial charge in [0.05, 0.1) is 0 Å². The summed E-state index contributed by atoms with van der Waals surface area (Å²) in [5, 5.41) is 5.65. The van der Waals surface area contributed by atoms with Crippen molar-refractivity contribution in [1.82, 2.24) is 5.01 Å². The lowest BCUT2D eigenvalue weighted by Gasteiger charge is -1.90. The standard InChI is InChI=1S/C4H4N4O2/c5-6-7-8-3(9)1-2-4(8)10/h1-2H,(H2,5,7)/p+1. The van der Waals surface area contributed by atoms with Crippen LogP contribution in [-0.2, 0) is 9.59 Å². The van der Waals surface area contributed by atoms with Gasteiger partial charge in [0.25, 0.3) is 0 Å². The topological polar surface area (TPSA) is 89.7 Å². The molecule has 6 heteroatoms. The van der Waals surface area contributed by atoms with Gasteiger partial charge in [0, 0.05) is 12.2 Å². The molecule has 0 aromatic rings. The summed E-state index contributed by atoms with van der Waals surface area (Å²) in [4.78, 5) is 21.2. The van der Waals surface area contributed by atoms with Gasteiger partial charge in [-0.2, -0.15) is 0 Å². The first-order valence-electron chi connectivity index (χ1n) is 2.48. The fourth-order valence-electron chi connectivity index (χ4n) is 0.549. The van der Waals surface area contributed by atoms with Crippen molar-refractivity contribution < 1.29 is 14.8 Å². The minimum Gasteiger partial charge on any atom is -0.256 e. The Kier molecular flexibility index (Phi) is 1.44. The first-order valence-corrected chi connectivity index (χ1v) is 2.48. The largest absolute Gasteiger partial charge is 0.362 e. The van der Waals surface area contributed by atoms with Crippen molar-refractivity contribution in [3.05, 3.63) is 12.2 Å². The highest BCUT2D eigenvalue weighted by Crippen LogP contribution is 2.00. The molecule has 0 aliphatic carbocycles. The van der Waals surface area contributed by atoms with Crippen LogP contribution in [0.15, 0.2) is 17.4 Å². The zero-order valence-corrected chi connectivity index (χ0v) is 4.94. The number of amides is 2. The molecular formula is C4H5N4O2+. The predicted molar refractivity (Wildman–Crippen MR) is 28.6 cm³/mol. The molecule has 0 unspecified atom stereocenters. The van der Waals surface area contributed by atoms with Gasteiger partial charge in [-0.15, -0.1) is 0 Å². The fourth-order valence-corrected chi connectivity index (χ4v) is 0.549. The molecule has 0 fully saturated rings. The van der Waals surface area contributed by atoms with E-state index in [4.69, 9.17) is 5.84 Å². The Labute approximate surface area is 55.9 Å². The van der Waals surface area contributed by atoms with Gasteiger partial charge in [-0.3, -0.25) is 5.84 Å². The maximum atomic E-state index is 10.6. The molecule has 6 nitrogen and oxygen atoms in total. The number of carbonyl (C=O) groups is 2. The maximum absolute atomic E-state index is 10.6. The van der Waals surface area contributed by atoms with Crippen molar-refractivity contribution in [1.29, 1.82) is 0 Å². The molecule has 0 saturated carbocycles. The summed E-state index contributed by atoms with van der Waals surface area (Å²) in [6.07, 6.45) is 2.23. The van der Waals surface area contributed by atoms with E-state index in [1.54, 1.807) is 0 Å². The van der Waals surface area contributed by atoms with E-state index >= 15 is 0 Å². The molecule has 1 aliphatic rings. The van der Waals surface area contributed by atoms with Crippen molar-refractivity contribution in [3.63, 3.8) is 0 Å². The van der Waals surface area contributed by atoms with Crippen LogP contribution in [0, 0.1) is 0 Å². The summed E-state index contributed by atoms with van der Waals surface area (Å²) in [5.74, 6) is 3.75. The van der Waals surface area contributed by atoms with Gasteiger partial charge < -0.3 is 0 Å². The fraction of sp³-hybridized carbons (Fsp3) is 0. The summed E-state index contributed by atoms with van der Waals surface area (Å²) in [6.45, 7) is 0. The molecule has 1 aliphatic heterocycles. The van der Waals surface area contributed by atoms with E-state index < -0.39 is 11.8 Å². The van der Waals surface area contributed by atoms with Gasteiger partial charge in [-0.05, 0) is 5.01 Å². The molecule has 1 rings (SSSR count). The molecule has 10 heavy (non-hydrogen) atoms. The lowest BCUT2D eigenvalue weighted by atomic mass is 10.6. The van der Waals surface area contributed by atoms with Gasteiger partial charge >= 0.3 is 11.8 Å². The number of hydrogen-bond donors (Lipinski definition) is 2. The second-order valence-corrected chi connectivity index (χ2v) is 1.55. The summed E-state index contributed by atoms with van der Waals surface area (Å²) in [5.41, 5.74) is 0. The van der Waals surface area contributed by atoms with E-state index in [1.807, 2.05) is 5.22 Å². The number of hydrogen-bond acceptors (Lipinski definition) is 3. The molecule has 0 saturated heterocycles. The predicted octanol–water partition coefficient (Wildman–Crippen LogP) is -2.77. The van der Waals surface area contributed by atoms with Crippen LogP contribution in [0.3, 0.4) is 0 Å². The van der Waals surface area contributed by atoms with Crippen LogP contribution in [-0.4, -0.2) is 16.8 Å². The van der Waals surface area contributed by atoms with E-state index in [0.29, 0.717) is 5.01 Å². The van der Waals surface area contributed by atoms with E-state index in [0.717, 1.165) is 12.2 Å². The van der Waals surface area contributed by atoms with E-state index in [9.17, 15) is 9.59 Å². The SMILES string of the molecule is N[NH+]=NN1C(=O)C=CC1=O. The van der Waals surface area contributed by atoms with Crippen molar-refractivity contribution in [2.45, 2.75) is 0 Å². The number of nitrogens with zero attached hydrogens (tertiary/aromatic N) is 2.